The summed E-state index contributed by atoms with van der Waals surface area (Å²) in [5, 5.41) is 10.4. The molecule has 4 aromatic rings. The van der Waals surface area contributed by atoms with Gasteiger partial charge in [0.2, 0.25) is 5.91 Å². The Balaban J connectivity index is 1.65. The lowest BCUT2D eigenvalue weighted by molar-refractivity contribution is -0.115. The zero-order chi connectivity index (χ0) is 25.8. The monoisotopic (exact) mass is 550 g/mol. The number of carbonyl (C=O) groups is 2. The first-order valence-corrected chi connectivity index (χ1v) is 11.7. The van der Waals surface area contributed by atoms with E-state index in [1.807, 2.05) is 19.1 Å². The summed E-state index contributed by atoms with van der Waals surface area (Å²) in [6.07, 6.45) is 0. The highest BCUT2D eigenvalue weighted by Crippen LogP contribution is 2.29. The highest BCUT2D eigenvalue weighted by atomic mass is 79.9. The maximum absolute atomic E-state index is 13.2. The van der Waals surface area contributed by atoms with Crippen molar-refractivity contribution in [3.63, 3.8) is 0 Å². The molecule has 36 heavy (non-hydrogen) atoms. The minimum absolute atomic E-state index is 0.00704. The first-order chi connectivity index (χ1) is 17.3. The first kappa shape index (κ1) is 24.9. The number of halogens is 1. The molecule has 4 rings (SSSR count). The van der Waals surface area contributed by atoms with E-state index < -0.39 is 17.4 Å². The summed E-state index contributed by atoms with van der Waals surface area (Å²) >= 11 is 3.39. The van der Waals surface area contributed by atoms with E-state index in [9.17, 15) is 14.4 Å². The zero-order valence-electron chi connectivity index (χ0n) is 19.8. The minimum Gasteiger partial charge on any atom is -0.493 e. The summed E-state index contributed by atoms with van der Waals surface area (Å²) in [6, 6.07) is 17.0. The number of aryl methyl sites for hydroxylation is 1. The van der Waals surface area contributed by atoms with Gasteiger partial charge in [0.05, 0.1) is 31.8 Å². The van der Waals surface area contributed by atoms with Crippen LogP contribution in [0.3, 0.4) is 0 Å². The molecule has 2 amide bonds. The standard InChI is InChI=1S/C26H23BrN4O5/c1-15-12-16(27)8-10-20(15)29-23(32)14-28-25(33)24-18-6-4-5-7-19(18)26(34)31(30-24)17-9-11-21(35-2)22(13-17)36-3/h4-13H,14H2,1-3H3,(H,28,33)(H,29,32). The van der Waals surface area contributed by atoms with E-state index in [0.717, 1.165) is 14.7 Å². The van der Waals surface area contributed by atoms with Crippen molar-refractivity contribution in [1.29, 1.82) is 0 Å². The Hall–Kier alpha value is -4.18. The van der Waals surface area contributed by atoms with Gasteiger partial charge < -0.3 is 20.1 Å². The molecule has 0 atom stereocenters. The van der Waals surface area contributed by atoms with Crippen LogP contribution in [0.1, 0.15) is 16.1 Å². The van der Waals surface area contributed by atoms with Crippen LogP contribution in [0.25, 0.3) is 16.5 Å². The van der Waals surface area contributed by atoms with Gasteiger partial charge in [-0.15, -0.1) is 0 Å². The molecule has 0 saturated carbocycles. The van der Waals surface area contributed by atoms with E-state index >= 15 is 0 Å². The second-order valence-corrected chi connectivity index (χ2v) is 8.76. The molecule has 0 aliphatic carbocycles. The summed E-state index contributed by atoms with van der Waals surface area (Å²) in [5.41, 5.74) is 1.51. The minimum atomic E-state index is -0.594. The van der Waals surface area contributed by atoms with E-state index in [0.29, 0.717) is 33.6 Å². The lowest BCUT2D eigenvalue weighted by atomic mass is 10.1. The van der Waals surface area contributed by atoms with Crippen LogP contribution in [-0.2, 0) is 4.79 Å². The summed E-state index contributed by atoms with van der Waals surface area (Å²) in [5.74, 6) is -0.0998. The number of fused-ring (bicyclic) bond motifs is 1. The Bertz CT molecular complexity index is 1530. The van der Waals surface area contributed by atoms with Crippen LogP contribution in [0.4, 0.5) is 5.69 Å². The van der Waals surface area contributed by atoms with Crippen LogP contribution in [0.15, 0.2) is 69.9 Å². The Morgan fingerprint density at radius 2 is 1.69 bits per heavy atom. The van der Waals surface area contributed by atoms with Gasteiger partial charge >= 0.3 is 0 Å². The molecule has 0 radical (unpaired) electrons. The van der Waals surface area contributed by atoms with Gasteiger partial charge in [-0.05, 0) is 48.9 Å². The molecule has 0 spiro atoms. The number of benzene rings is 3. The highest BCUT2D eigenvalue weighted by Gasteiger charge is 2.19. The van der Waals surface area contributed by atoms with Crippen molar-refractivity contribution in [3.05, 3.63) is 86.7 Å². The van der Waals surface area contributed by atoms with Crippen LogP contribution in [0.5, 0.6) is 11.5 Å². The molecule has 1 heterocycles. The Morgan fingerprint density at radius 3 is 2.39 bits per heavy atom. The molecular formula is C26H23BrN4O5. The van der Waals surface area contributed by atoms with E-state index in [-0.39, 0.29) is 12.2 Å². The normalized spacial score (nSPS) is 10.7. The molecule has 2 N–H and O–H groups in total. The highest BCUT2D eigenvalue weighted by molar-refractivity contribution is 9.10. The maximum atomic E-state index is 13.2. The van der Waals surface area contributed by atoms with Crippen LogP contribution in [0.2, 0.25) is 0 Å². The molecule has 10 heteroatoms. The molecule has 0 saturated heterocycles. The molecule has 1 aromatic heterocycles. The van der Waals surface area contributed by atoms with Gasteiger partial charge in [0.15, 0.2) is 17.2 Å². The molecular weight excluding hydrogens is 528 g/mol. The van der Waals surface area contributed by atoms with E-state index in [2.05, 4.69) is 31.7 Å². The molecule has 0 aliphatic heterocycles. The number of amides is 2. The van der Waals surface area contributed by atoms with Crippen LogP contribution in [0, 0.1) is 6.92 Å². The number of ether oxygens (including phenoxy) is 2. The van der Waals surface area contributed by atoms with Crippen molar-refractivity contribution < 1.29 is 19.1 Å². The lowest BCUT2D eigenvalue weighted by Crippen LogP contribution is -2.35. The van der Waals surface area contributed by atoms with E-state index in [1.54, 1.807) is 48.5 Å². The van der Waals surface area contributed by atoms with Crippen molar-refractivity contribution >= 4 is 44.2 Å². The number of hydrogen-bond acceptors (Lipinski definition) is 6. The fourth-order valence-corrected chi connectivity index (χ4v) is 4.17. The molecule has 0 bridgehead atoms. The molecule has 0 aliphatic rings. The van der Waals surface area contributed by atoms with Crippen molar-refractivity contribution in [3.8, 4) is 17.2 Å². The number of methoxy groups -OCH3 is 2. The van der Waals surface area contributed by atoms with Gasteiger partial charge in [-0.2, -0.15) is 9.78 Å². The Morgan fingerprint density at radius 1 is 0.972 bits per heavy atom. The van der Waals surface area contributed by atoms with Crippen molar-refractivity contribution in [1.82, 2.24) is 15.1 Å². The fourth-order valence-electron chi connectivity index (χ4n) is 3.69. The van der Waals surface area contributed by atoms with E-state index in [1.165, 1.54) is 14.2 Å². The SMILES string of the molecule is COc1ccc(-n2nc(C(=O)NCC(=O)Nc3ccc(Br)cc3C)c3ccccc3c2=O)cc1OC. The quantitative estimate of drug-likeness (QED) is 0.361. The van der Waals surface area contributed by atoms with Crippen molar-refractivity contribution in [2.24, 2.45) is 0 Å². The summed E-state index contributed by atoms with van der Waals surface area (Å²) < 4.78 is 12.6. The summed E-state index contributed by atoms with van der Waals surface area (Å²) in [6.45, 7) is 1.59. The smallest absolute Gasteiger partial charge is 0.279 e. The summed E-state index contributed by atoms with van der Waals surface area (Å²) in [7, 11) is 2.99. The average Bonchev–Trinajstić information content (AvgIpc) is 2.89. The van der Waals surface area contributed by atoms with Crippen molar-refractivity contribution in [2.75, 3.05) is 26.1 Å². The second-order valence-electron chi connectivity index (χ2n) is 7.84. The fraction of sp³-hybridized carbons (Fsp3) is 0.154. The first-order valence-electron chi connectivity index (χ1n) is 10.9. The average molecular weight is 551 g/mol. The van der Waals surface area contributed by atoms with Crippen molar-refractivity contribution in [2.45, 2.75) is 6.92 Å². The third kappa shape index (κ3) is 5.08. The number of aromatic nitrogens is 2. The number of carbonyl (C=O) groups excluding carboxylic acids is 2. The van der Waals surface area contributed by atoms with Crippen LogP contribution in [-0.4, -0.2) is 42.4 Å². The molecule has 0 unspecified atom stereocenters. The summed E-state index contributed by atoms with van der Waals surface area (Å²) in [4.78, 5) is 38.8. The molecule has 3 aromatic carbocycles. The maximum Gasteiger partial charge on any atom is 0.279 e. The topological polar surface area (TPSA) is 112 Å². The predicted octanol–water partition coefficient (Wildman–Crippen LogP) is 3.84. The Labute approximate surface area is 215 Å². The number of hydrogen-bond donors (Lipinski definition) is 2. The molecule has 0 fully saturated rings. The van der Waals surface area contributed by atoms with Gasteiger partial charge in [-0.3, -0.25) is 14.4 Å². The van der Waals surface area contributed by atoms with Gasteiger partial charge in [0.25, 0.3) is 11.5 Å². The molecule has 184 valence electrons. The number of rotatable bonds is 7. The number of nitrogens with zero attached hydrogens (tertiary/aromatic N) is 2. The Kier molecular flexibility index (Phi) is 7.35. The van der Waals surface area contributed by atoms with Gasteiger partial charge in [0, 0.05) is 21.6 Å². The predicted molar refractivity (Wildman–Crippen MR) is 140 cm³/mol. The third-order valence-electron chi connectivity index (χ3n) is 5.50. The second kappa shape index (κ2) is 10.6. The van der Waals surface area contributed by atoms with E-state index in [4.69, 9.17) is 9.47 Å². The number of anilines is 1. The van der Waals surface area contributed by atoms with Gasteiger partial charge in [-0.1, -0.05) is 34.1 Å². The molecule has 9 nitrogen and oxygen atoms in total. The third-order valence-corrected chi connectivity index (χ3v) is 6.00. The zero-order valence-corrected chi connectivity index (χ0v) is 21.4. The van der Waals surface area contributed by atoms with Crippen LogP contribution < -0.4 is 25.7 Å². The van der Waals surface area contributed by atoms with Crippen LogP contribution >= 0.6 is 15.9 Å². The van der Waals surface area contributed by atoms with Gasteiger partial charge in [0.1, 0.15) is 0 Å². The number of nitrogens with one attached hydrogen (secondary N) is 2. The lowest BCUT2D eigenvalue weighted by Gasteiger charge is -2.13. The van der Waals surface area contributed by atoms with Gasteiger partial charge in [-0.25, -0.2) is 0 Å². The largest absolute Gasteiger partial charge is 0.493 e.